The summed E-state index contributed by atoms with van der Waals surface area (Å²) >= 11 is 1.08. The lowest BCUT2D eigenvalue weighted by Gasteiger charge is -2.24. The maximum atomic E-state index is 14.5. The van der Waals surface area contributed by atoms with E-state index < -0.39 is 29.3 Å². The van der Waals surface area contributed by atoms with Crippen molar-refractivity contribution in [1.82, 2.24) is 4.57 Å². The Morgan fingerprint density at radius 3 is 2.41 bits per heavy atom. The van der Waals surface area contributed by atoms with Gasteiger partial charge in [0, 0.05) is 11.1 Å². The number of para-hydroxylation sites is 1. The highest BCUT2D eigenvalue weighted by molar-refractivity contribution is 7.07. The van der Waals surface area contributed by atoms with E-state index in [0.29, 0.717) is 38.6 Å². The molecule has 3 heterocycles. The van der Waals surface area contributed by atoms with Gasteiger partial charge in [-0.2, -0.15) is 0 Å². The molecule has 0 bridgehead atoms. The highest BCUT2D eigenvalue weighted by atomic mass is 32.1. The standard InChI is InChI=1S/C31H24FN3O5S/c1-17-24(30(38)40-3)26(18-12-14-20(39-2)15-13-18)35-29(37)27(41-31(35)33-17)25-21-9-5-7-11-23(21)34(28(25)36)16-19-8-4-6-10-22(19)32/h4-15,26H,16H2,1-3H3/b27-25-. The number of anilines is 1. The first-order chi connectivity index (χ1) is 19.8. The number of esters is 1. The first-order valence-corrected chi connectivity index (χ1v) is 13.6. The fourth-order valence-corrected chi connectivity index (χ4v) is 6.43. The number of fused-ring (bicyclic) bond motifs is 2. The van der Waals surface area contributed by atoms with Crippen molar-refractivity contribution >= 4 is 34.5 Å². The molecule has 0 radical (unpaired) electrons. The van der Waals surface area contributed by atoms with Gasteiger partial charge in [0.2, 0.25) is 0 Å². The van der Waals surface area contributed by atoms with Crippen LogP contribution in [0.25, 0.3) is 5.57 Å². The van der Waals surface area contributed by atoms with E-state index in [-0.39, 0.29) is 22.2 Å². The van der Waals surface area contributed by atoms with E-state index in [0.717, 1.165) is 11.3 Å². The summed E-state index contributed by atoms with van der Waals surface area (Å²) in [4.78, 5) is 47.5. The van der Waals surface area contributed by atoms with Crippen LogP contribution in [0, 0.1) is 5.82 Å². The van der Waals surface area contributed by atoms with Gasteiger partial charge in [-0.05, 0) is 36.8 Å². The molecule has 206 valence electrons. The molecule has 3 aromatic carbocycles. The Labute approximate surface area is 237 Å². The van der Waals surface area contributed by atoms with Crippen molar-refractivity contribution in [3.8, 4) is 5.75 Å². The zero-order valence-corrected chi connectivity index (χ0v) is 23.2. The van der Waals surface area contributed by atoms with Crippen LogP contribution in [-0.2, 0) is 20.9 Å². The van der Waals surface area contributed by atoms with Gasteiger partial charge >= 0.3 is 5.97 Å². The van der Waals surface area contributed by atoms with Crippen LogP contribution in [0.4, 0.5) is 10.1 Å². The summed E-state index contributed by atoms with van der Waals surface area (Å²) in [5, 5.41) is 0. The number of benzene rings is 3. The molecule has 1 aromatic heterocycles. The van der Waals surface area contributed by atoms with Crippen molar-refractivity contribution < 1.29 is 23.5 Å². The van der Waals surface area contributed by atoms with Gasteiger partial charge in [-0.3, -0.25) is 14.2 Å². The van der Waals surface area contributed by atoms with E-state index in [2.05, 4.69) is 4.99 Å². The van der Waals surface area contributed by atoms with E-state index in [4.69, 9.17) is 9.47 Å². The number of hydrogen-bond acceptors (Lipinski definition) is 7. The first-order valence-electron chi connectivity index (χ1n) is 12.8. The van der Waals surface area contributed by atoms with E-state index in [1.54, 1.807) is 80.8 Å². The molecule has 4 aromatic rings. The third kappa shape index (κ3) is 4.27. The Morgan fingerprint density at radius 2 is 1.71 bits per heavy atom. The summed E-state index contributed by atoms with van der Waals surface area (Å²) in [5.41, 5.74) is 2.55. The van der Waals surface area contributed by atoms with Crippen LogP contribution in [-0.4, -0.2) is 30.7 Å². The smallest absolute Gasteiger partial charge is 0.338 e. The summed E-state index contributed by atoms with van der Waals surface area (Å²) in [7, 11) is 2.83. The quantitative estimate of drug-likeness (QED) is 0.344. The number of amides is 1. The van der Waals surface area contributed by atoms with E-state index in [9.17, 15) is 18.8 Å². The number of allylic oxidation sites excluding steroid dienone is 1. The predicted molar refractivity (Wildman–Crippen MR) is 152 cm³/mol. The van der Waals surface area contributed by atoms with Gasteiger partial charge in [0.05, 0.1) is 49.3 Å². The minimum absolute atomic E-state index is 0.00441. The maximum Gasteiger partial charge on any atom is 0.338 e. The van der Waals surface area contributed by atoms with Gasteiger partial charge in [-0.15, -0.1) is 0 Å². The molecule has 8 nitrogen and oxygen atoms in total. The summed E-state index contributed by atoms with van der Waals surface area (Å²) in [5.74, 6) is -0.823. The topological polar surface area (TPSA) is 90.2 Å². The third-order valence-electron chi connectivity index (χ3n) is 7.27. The van der Waals surface area contributed by atoms with E-state index in [1.807, 2.05) is 0 Å². The minimum Gasteiger partial charge on any atom is -0.497 e. The molecular formula is C31H24FN3O5S. The van der Waals surface area contributed by atoms with Crippen LogP contribution in [0.15, 0.2) is 93.9 Å². The minimum atomic E-state index is -0.833. The van der Waals surface area contributed by atoms with Crippen LogP contribution in [0.2, 0.25) is 0 Å². The Bertz CT molecular complexity index is 1940. The Kier molecular flexibility index (Phi) is 6.63. The summed E-state index contributed by atoms with van der Waals surface area (Å²) in [6.45, 7) is 1.69. The second-order valence-corrected chi connectivity index (χ2v) is 10.5. The van der Waals surface area contributed by atoms with Crippen molar-refractivity contribution in [2.75, 3.05) is 19.1 Å². The van der Waals surface area contributed by atoms with Gasteiger partial charge in [-0.25, -0.2) is 14.2 Å². The van der Waals surface area contributed by atoms with Crippen molar-refractivity contribution in [3.63, 3.8) is 0 Å². The second kappa shape index (κ2) is 10.3. The molecule has 0 saturated heterocycles. The highest BCUT2D eigenvalue weighted by Crippen LogP contribution is 2.37. The molecule has 0 spiro atoms. The molecule has 2 aliphatic rings. The zero-order chi connectivity index (χ0) is 28.8. The lowest BCUT2D eigenvalue weighted by molar-refractivity contribution is -0.136. The molecule has 2 aliphatic heterocycles. The normalized spacial score (nSPS) is 17.2. The van der Waals surface area contributed by atoms with Crippen molar-refractivity contribution in [2.45, 2.75) is 19.5 Å². The second-order valence-electron chi connectivity index (χ2n) is 9.54. The largest absolute Gasteiger partial charge is 0.497 e. The lowest BCUT2D eigenvalue weighted by Crippen LogP contribution is -2.40. The third-order valence-corrected chi connectivity index (χ3v) is 8.32. The average molecular weight is 570 g/mol. The molecule has 41 heavy (non-hydrogen) atoms. The maximum absolute atomic E-state index is 14.5. The molecular weight excluding hydrogens is 545 g/mol. The SMILES string of the molecule is COC(=O)C1=C(C)N=c2s/c(=C3\C(=O)N(Cc4ccccc4F)c4ccccc43)c(=O)n2C1c1ccc(OC)cc1. The van der Waals surface area contributed by atoms with E-state index in [1.165, 1.54) is 22.6 Å². The Hall–Kier alpha value is -4.83. The number of hydrogen-bond donors (Lipinski definition) is 0. The number of carbonyl (C=O) groups is 2. The number of aromatic nitrogens is 1. The number of halogens is 1. The van der Waals surface area contributed by atoms with Crippen LogP contribution in [0.3, 0.4) is 0 Å². The lowest BCUT2D eigenvalue weighted by atomic mass is 9.96. The molecule has 10 heteroatoms. The molecule has 1 atom stereocenters. The highest BCUT2D eigenvalue weighted by Gasteiger charge is 2.37. The fourth-order valence-electron chi connectivity index (χ4n) is 5.30. The Balaban J connectivity index is 1.58. The van der Waals surface area contributed by atoms with Crippen molar-refractivity contribution in [2.24, 2.45) is 4.99 Å². The molecule has 0 fully saturated rings. The van der Waals surface area contributed by atoms with Crippen LogP contribution in [0.1, 0.15) is 29.7 Å². The number of methoxy groups -OCH3 is 2. The molecule has 0 saturated carbocycles. The molecule has 0 N–H and O–H groups in total. The number of thiazole rings is 1. The van der Waals surface area contributed by atoms with Gasteiger partial charge in [0.25, 0.3) is 11.5 Å². The Morgan fingerprint density at radius 1 is 1.00 bits per heavy atom. The first kappa shape index (κ1) is 26.4. The molecule has 6 rings (SSSR count). The van der Waals surface area contributed by atoms with Gasteiger partial charge in [0.1, 0.15) is 16.1 Å². The van der Waals surface area contributed by atoms with Gasteiger partial charge < -0.3 is 14.4 Å². The zero-order valence-electron chi connectivity index (χ0n) is 22.4. The number of carbonyl (C=O) groups excluding carboxylic acids is 2. The fraction of sp³-hybridized carbons (Fsp3) is 0.161. The van der Waals surface area contributed by atoms with Crippen LogP contribution >= 0.6 is 11.3 Å². The molecule has 0 aliphatic carbocycles. The summed E-state index contributed by atoms with van der Waals surface area (Å²) in [6.07, 6.45) is 0. The van der Waals surface area contributed by atoms with Gasteiger partial charge in [0.15, 0.2) is 4.80 Å². The van der Waals surface area contributed by atoms with Crippen molar-refractivity contribution in [1.29, 1.82) is 0 Å². The van der Waals surface area contributed by atoms with Crippen LogP contribution < -0.4 is 24.5 Å². The van der Waals surface area contributed by atoms with E-state index >= 15 is 0 Å². The molecule has 1 unspecified atom stereocenters. The van der Waals surface area contributed by atoms with Crippen molar-refractivity contribution in [3.05, 3.63) is 126 Å². The van der Waals surface area contributed by atoms with Gasteiger partial charge in [-0.1, -0.05) is 59.9 Å². The molecule has 1 amide bonds. The number of rotatable bonds is 5. The summed E-state index contributed by atoms with van der Waals surface area (Å²) in [6, 6.07) is 19.6. The predicted octanol–water partition coefficient (Wildman–Crippen LogP) is 3.47. The average Bonchev–Trinajstić information content (AvgIpc) is 3.45. The monoisotopic (exact) mass is 569 g/mol. The number of ether oxygens (including phenoxy) is 2. The van der Waals surface area contributed by atoms with Crippen LogP contribution in [0.5, 0.6) is 5.75 Å². The summed E-state index contributed by atoms with van der Waals surface area (Å²) < 4.78 is 26.5. The number of nitrogens with zero attached hydrogens (tertiary/aromatic N) is 3.